The van der Waals surface area contributed by atoms with E-state index in [0.29, 0.717) is 11.4 Å². The van der Waals surface area contributed by atoms with Crippen LogP contribution < -0.4 is 5.49 Å². The molecule has 0 aliphatic heterocycles. The monoisotopic (exact) mass is 201 g/mol. The summed E-state index contributed by atoms with van der Waals surface area (Å²) in [6, 6.07) is 9.55. The summed E-state index contributed by atoms with van der Waals surface area (Å²) in [6.07, 6.45) is 1.44. The molecule has 2 rings (SSSR count). The Bertz CT molecular complexity index is 505. The molecule has 0 bridgehead atoms. The maximum absolute atomic E-state index is 9.43. The van der Waals surface area contributed by atoms with E-state index < -0.39 is 0 Å². The van der Waals surface area contributed by atoms with Gasteiger partial charge in [-0.2, -0.15) is 4.73 Å². The van der Waals surface area contributed by atoms with Gasteiger partial charge in [-0.3, -0.25) is 5.41 Å². The predicted molar refractivity (Wildman–Crippen MR) is 55.4 cm³/mol. The Hall–Kier alpha value is -2.10. The molecule has 0 radical (unpaired) electrons. The van der Waals surface area contributed by atoms with Crippen LogP contribution in [0, 0.1) is 12.3 Å². The average Bonchev–Trinajstić information content (AvgIpc) is 2.26. The molecule has 0 aliphatic carbocycles. The van der Waals surface area contributed by atoms with Crippen LogP contribution in [0.2, 0.25) is 0 Å². The number of nitrogens with zero attached hydrogens (tertiary/aromatic N) is 2. The number of aryl methyl sites for hydroxylation is 1. The summed E-state index contributed by atoms with van der Waals surface area (Å²) in [4.78, 5) is 4.24. The summed E-state index contributed by atoms with van der Waals surface area (Å²) in [5.41, 5.74) is 2.09. The molecular formula is C11H11N3O. The molecule has 0 unspecified atom stereocenters. The summed E-state index contributed by atoms with van der Waals surface area (Å²) >= 11 is 0. The third-order valence-corrected chi connectivity index (χ3v) is 2.17. The lowest BCUT2D eigenvalue weighted by Crippen LogP contribution is -2.21. The molecule has 0 saturated heterocycles. The molecule has 0 saturated carbocycles. The van der Waals surface area contributed by atoms with Crippen molar-refractivity contribution in [1.29, 1.82) is 5.41 Å². The highest BCUT2D eigenvalue weighted by atomic mass is 16.5. The number of aromatic nitrogens is 2. The van der Waals surface area contributed by atoms with E-state index in [9.17, 15) is 5.21 Å². The van der Waals surface area contributed by atoms with Crippen molar-refractivity contribution < 1.29 is 5.21 Å². The second-order valence-electron chi connectivity index (χ2n) is 3.27. The van der Waals surface area contributed by atoms with Gasteiger partial charge in [0, 0.05) is 5.56 Å². The zero-order valence-corrected chi connectivity index (χ0v) is 8.31. The Morgan fingerprint density at radius 1 is 1.27 bits per heavy atom. The largest absolute Gasteiger partial charge is 0.427 e. The average molecular weight is 201 g/mol. The van der Waals surface area contributed by atoms with Crippen molar-refractivity contribution in [2.75, 3.05) is 0 Å². The van der Waals surface area contributed by atoms with E-state index in [0.717, 1.165) is 10.3 Å². The normalized spacial score (nSPS) is 10.2. The minimum Gasteiger partial charge on any atom is -0.427 e. The standard InChI is InChI=1S/C11H11N3O/c1-8-11(12)14(15)7-10(13-8)9-5-3-2-4-6-9/h2-7,12,15H,1H3. The molecule has 4 nitrogen and oxygen atoms in total. The first-order valence-electron chi connectivity index (χ1n) is 4.58. The smallest absolute Gasteiger partial charge is 0.182 e. The summed E-state index contributed by atoms with van der Waals surface area (Å²) in [5.74, 6) is 0. The summed E-state index contributed by atoms with van der Waals surface area (Å²) in [7, 11) is 0. The van der Waals surface area contributed by atoms with E-state index >= 15 is 0 Å². The molecule has 4 heteroatoms. The van der Waals surface area contributed by atoms with Gasteiger partial charge in [0.25, 0.3) is 0 Å². The highest BCUT2D eigenvalue weighted by Gasteiger charge is 2.03. The lowest BCUT2D eigenvalue weighted by molar-refractivity contribution is 0.169. The first kappa shape index (κ1) is 9.45. The molecular weight excluding hydrogens is 190 g/mol. The number of rotatable bonds is 1. The minimum absolute atomic E-state index is 0.00896. The van der Waals surface area contributed by atoms with E-state index in [2.05, 4.69) is 4.98 Å². The topological polar surface area (TPSA) is 61.9 Å². The van der Waals surface area contributed by atoms with Crippen LogP contribution in [0.4, 0.5) is 0 Å². The van der Waals surface area contributed by atoms with E-state index in [1.807, 2.05) is 30.3 Å². The number of hydrogen-bond acceptors (Lipinski definition) is 3. The molecule has 1 aromatic heterocycles. The Kier molecular flexibility index (Phi) is 2.25. The first-order chi connectivity index (χ1) is 7.18. The van der Waals surface area contributed by atoms with Gasteiger partial charge in [-0.25, -0.2) is 4.98 Å². The van der Waals surface area contributed by atoms with Crippen LogP contribution in [0.25, 0.3) is 11.3 Å². The molecule has 0 fully saturated rings. The second kappa shape index (κ2) is 3.57. The molecule has 2 aromatic rings. The van der Waals surface area contributed by atoms with Crippen molar-refractivity contribution in [2.24, 2.45) is 0 Å². The quantitative estimate of drug-likeness (QED) is 0.688. The minimum atomic E-state index is 0.00896. The SMILES string of the molecule is Cc1nc(-c2ccccc2)cn(O)c1=N. The van der Waals surface area contributed by atoms with E-state index in [4.69, 9.17) is 5.41 Å². The Labute approximate surface area is 86.9 Å². The molecule has 0 spiro atoms. The van der Waals surface area contributed by atoms with Crippen molar-refractivity contribution in [3.63, 3.8) is 0 Å². The zero-order chi connectivity index (χ0) is 10.8. The van der Waals surface area contributed by atoms with Gasteiger partial charge in [0.15, 0.2) is 5.49 Å². The molecule has 0 amide bonds. The molecule has 2 N–H and O–H groups in total. The maximum Gasteiger partial charge on any atom is 0.182 e. The fraction of sp³-hybridized carbons (Fsp3) is 0.0909. The van der Waals surface area contributed by atoms with Crippen molar-refractivity contribution in [1.82, 2.24) is 9.71 Å². The molecule has 0 aliphatic rings. The van der Waals surface area contributed by atoms with E-state index in [-0.39, 0.29) is 5.49 Å². The molecule has 76 valence electrons. The number of hydrogen-bond donors (Lipinski definition) is 2. The summed E-state index contributed by atoms with van der Waals surface area (Å²) in [6.45, 7) is 1.70. The van der Waals surface area contributed by atoms with Crippen LogP contribution in [-0.2, 0) is 0 Å². The third-order valence-electron chi connectivity index (χ3n) is 2.17. The Morgan fingerprint density at radius 2 is 1.93 bits per heavy atom. The van der Waals surface area contributed by atoms with Gasteiger partial charge in [0.2, 0.25) is 0 Å². The van der Waals surface area contributed by atoms with Gasteiger partial charge < -0.3 is 5.21 Å². The first-order valence-corrected chi connectivity index (χ1v) is 4.58. The third kappa shape index (κ3) is 1.74. The van der Waals surface area contributed by atoms with Crippen molar-refractivity contribution in [3.05, 3.63) is 47.7 Å². The maximum atomic E-state index is 9.43. The molecule has 0 atom stereocenters. The van der Waals surface area contributed by atoms with Crippen LogP contribution in [0.5, 0.6) is 0 Å². The van der Waals surface area contributed by atoms with Crippen LogP contribution in [-0.4, -0.2) is 14.9 Å². The Balaban J connectivity index is 2.61. The zero-order valence-electron chi connectivity index (χ0n) is 8.31. The van der Waals surface area contributed by atoms with E-state index in [1.165, 1.54) is 6.20 Å². The van der Waals surface area contributed by atoms with Crippen LogP contribution in [0.15, 0.2) is 36.5 Å². The lowest BCUT2D eigenvalue weighted by Gasteiger charge is -2.04. The highest BCUT2D eigenvalue weighted by Crippen LogP contribution is 2.14. The molecule has 15 heavy (non-hydrogen) atoms. The second-order valence-corrected chi connectivity index (χ2v) is 3.27. The van der Waals surface area contributed by atoms with Gasteiger partial charge in [-0.1, -0.05) is 30.3 Å². The fourth-order valence-corrected chi connectivity index (χ4v) is 1.36. The molecule has 1 heterocycles. The van der Waals surface area contributed by atoms with Gasteiger partial charge in [-0.15, -0.1) is 0 Å². The van der Waals surface area contributed by atoms with Crippen molar-refractivity contribution in [2.45, 2.75) is 6.92 Å². The lowest BCUT2D eigenvalue weighted by atomic mass is 10.2. The van der Waals surface area contributed by atoms with Crippen LogP contribution >= 0.6 is 0 Å². The van der Waals surface area contributed by atoms with Crippen molar-refractivity contribution in [3.8, 4) is 11.3 Å². The van der Waals surface area contributed by atoms with Gasteiger partial charge in [0.1, 0.15) is 0 Å². The summed E-state index contributed by atoms with van der Waals surface area (Å²) in [5, 5.41) is 16.9. The fourth-order valence-electron chi connectivity index (χ4n) is 1.36. The number of benzene rings is 1. The van der Waals surface area contributed by atoms with Gasteiger partial charge in [-0.05, 0) is 6.92 Å². The number of nitrogens with one attached hydrogen (secondary N) is 1. The van der Waals surface area contributed by atoms with Crippen LogP contribution in [0.1, 0.15) is 5.69 Å². The van der Waals surface area contributed by atoms with Gasteiger partial charge in [0.05, 0.1) is 17.6 Å². The predicted octanol–water partition coefficient (Wildman–Crippen LogP) is 1.58. The highest BCUT2D eigenvalue weighted by molar-refractivity contribution is 5.57. The van der Waals surface area contributed by atoms with Crippen LogP contribution in [0.3, 0.4) is 0 Å². The van der Waals surface area contributed by atoms with Gasteiger partial charge >= 0.3 is 0 Å². The Morgan fingerprint density at radius 3 is 2.53 bits per heavy atom. The van der Waals surface area contributed by atoms with Crippen molar-refractivity contribution >= 4 is 0 Å². The van der Waals surface area contributed by atoms with E-state index in [1.54, 1.807) is 6.92 Å². The summed E-state index contributed by atoms with van der Waals surface area (Å²) < 4.78 is 0.782. The molecule has 1 aromatic carbocycles.